The monoisotopic (exact) mass is 723 g/mol. The lowest BCUT2D eigenvalue weighted by molar-refractivity contribution is -0.160. The van der Waals surface area contributed by atoms with E-state index in [9.17, 15) is 28.7 Å². The molecule has 1 aromatic heterocycles. The molecule has 0 bridgehead atoms. The number of rotatable bonds is 32. The smallest absolute Gasteiger partial charge is 0.330 e. The molecule has 0 aliphatic carbocycles. The molecule has 9 nitrogen and oxygen atoms in total. The number of aromatic nitrogens is 2. The number of nitrogens with one attached hydrogen (secondary N) is 1. The van der Waals surface area contributed by atoms with Crippen LogP contribution in [0, 0.1) is 5.82 Å². The fraction of sp³-hybridized carbons (Fsp3) is 0.854. The third-order valence-corrected chi connectivity index (χ3v) is 10.4. The van der Waals surface area contributed by atoms with Crippen LogP contribution in [0.15, 0.2) is 15.8 Å². The van der Waals surface area contributed by atoms with E-state index in [4.69, 9.17) is 9.47 Å². The van der Waals surface area contributed by atoms with Crippen LogP contribution in [0.1, 0.15) is 206 Å². The first-order valence-electron chi connectivity index (χ1n) is 20.8. The maximum Gasteiger partial charge on any atom is 0.330 e. The molecule has 1 aliphatic rings. The number of Topliss-reactive ketones (excluding diaryl/α,β-unsaturated/α-hetero) is 1. The van der Waals surface area contributed by atoms with Crippen molar-refractivity contribution in [3.05, 3.63) is 32.9 Å². The van der Waals surface area contributed by atoms with Crippen molar-refractivity contribution in [2.75, 3.05) is 6.61 Å². The molecule has 1 aromatic rings. The number of aliphatic hydroxyl groups is 1. The minimum Gasteiger partial charge on any atom is -0.463 e. The number of ketones is 1. The SMILES string of the molecule is CCCCCCCCCCCCCCCC(=O)OCC1OC(n2cc(F)c(=O)[nH]c2=O)C[C@@]1(O)C(=O)CCCCCCCCCCCCCCC. The normalized spacial score (nSPS) is 18.7. The van der Waals surface area contributed by atoms with Crippen LogP contribution in [-0.4, -0.2) is 44.7 Å². The molecule has 0 spiro atoms. The topological polar surface area (TPSA) is 128 Å². The van der Waals surface area contributed by atoms with Crippen molar-refractivity contribution in [3.8, 4) is 0 Å². The van der Waals surface area contributed by atoms with Gasteiger partial charge >= 0.3 is 11.7 Å². The second kappa shape index (κ2) is 27.3. The average Bonchev–Trinajstić information content (AvgIpc) is 3.46. The summed E-state index contributed by atoms with van der Waals surface area (Å²) in [7, 11) is 0. The van der Waals surface area contributed by atoms with Gasteiger partial charge in [-0.2, -0.15) is 4.39 Å². The maximum atomic E-state index is 14.1. The van der Waals surface area contributed by atoms with Crippen LogP contribution >= 0.6 is 0 Å². The molecule has 1 saturated heterocycles. The van der Waals surface area contributed by atoms with Crippen molar-refractivity contribution in [3.63, 3.8) is 0 Å². The second-order valence-electron chi connectivity index (χ2n) is 14.9. The molecule has 2 rings (SSSR count). The Bertz CT molecular complexity index is 1200. The molecule has 2 heterocycles. The molecule has 10 heteroatoms. The summed E-state index contributed by atoms with van der Waals surface area (Å²) in [5.41, 5.74) is -4.11. The summed E-state index contributed by atoms with van der Waals surface area (Å²) in [5, 5.41) is 11.6. The largest absolute Gasteiger partial charge is 0.463 e. The van der Waals surface area contributed by atoms with Gasteiger partial charge in [-0.15, -0.1) is 0 Å². The van der Waals surface area contributed by atoms with Crippen LogP contribution in [0.5, 0.6) is 0 Å². The number of ether oxygens (including phenoxy) is 2. The first kappa shape index (κ1) is 44.8. The molecule has 0 aromatic carbocycles. The second-order valence-corrected chi connectivity index (χ2v) is 14.9. The number of esters is 1. The Labute approximate surface area is 306 Å². The van der Waals surface area contributed by atoms with Crippen molar-refractivity contribution < 1.29 is 28.6 Å². The molecule has 294 valence electrons. The van der Waals surface area contributed by atoms with Crippen LogP contribution in [0.4, 0.5) is 4.39 Å². The van der Waals surface area contributed by atoms with E-state index < -0.39 is 46.8 Å². The predicted octanol–water partition coefficient (Wildman–Crippen LogP) is 9.77. The molecule has 0 saturated carbocycles. The fourth-order valence-corrected chi connectivity index (χ4v) is 7.10. The number of carbonyl (C=O) groups is 2. The van der Waals surface area contributed by atoms with Gasteiger partial charge in [0.05, 0.1) is 6.20 Å². The Morgan fingerprint density at radius 1 is 0.745 bits per heavy atom. The Morgan fingerprint density at radius 3 is 1.61 bits per heavy atom. The van der Waals surface area contributed by atoms with Gasteiger partial charge in [0.15, 0.2) is 11.4 Å². The van der Waals surface area contributed by atoms with Crippen molar-refractivity contribution in [2.45, 2.75) is 218 Å². The minimum absolute atomic E-state index is 0.114. The summed E-state index contributed by atoms with van der Waals surface area (Å²) < 4.78 is 26.3. The molecule has 2 N–H and O–H groups in total. The highest BCUT2D eigenvalue weighted by molar-refractivity contribution is 5.88. The van der Waals surface area contributed by atoms with Crippen LogP contribution in [0.3, 0.4) is 0 Å². The van der Waals surface area contributed by atoms with Gasteiger partial charge in [-0.05, 0) is 12.8 Å². The Kier molecular flexibility index (Phi) is 24.0. The first-order valence-corrected chi connectivity index (χ1v) is 20.8. The lowest BCUT2D eigenvalue weighted by atomic mass is 9.87. The average molecular weight is 723 g/mol. The van der Waals surface area contributed by atoms with Crippen molar-refractivity contribution in [1.82, 2.24) is 9.55 Å². The molecule has 1 aliphatic heterocycles. The van der Waals surface area contributed by atoms with E-state index in [-0.39, 0.29) is 25.9 Å². The quantitative estimate of drug-likeness (QED) is 0.0560. The summed E-state index contributed by atoms with van der Waals surface area (Å²) in [6.45, 7) is 4.11. The van der Waals surface area contributed by atoms with Gasteiger partial charge in [0.1, 0.15) is 18.9 Å². The molecular weight excluding hydrogens is 651 g/mol. The molecule has 51 heavy (non-hydrogen) atoms. The molecule has 3 atom stereocenters. The fourth-order valence-electron chi connectivity index (χ4n) is 7.10. The third-order valence-electron chi connectivity index (χ3n) is 10.4. The lowest BCUT2D eigenvalue weighted by Crippen LogP contribution is -2.48. The third kappa shape index (κ3) is 18.3. The summed E-state index contributed by atoms with van der Waals surface area (Å²) in [6.07, 6.45) is 29.0. The number of aromatic amines is 1. The number of H-pyrrole nitrogens is 1. The van der Waals surface area contributed by atoms with Gasteiger partial charge in [0, 0.05) is 19.3 Å². The van der Waals surface area contributed by atoms with E-state index in [0.29, 0.717) is 19.0 Å². The van der Waals surface area contributed by atoms with Crippen LogP contribution in [0.2, 0.25) is 0 Å². The first-order chi connectivity index (χ1) is 24.7. The number of unbranched alkanes of at least 4 members (excludes halogenated alkanes) is 24. The van der Waals surface area contributed by atoms with E-state index in [1.807, 2.05) is 4.98 Å². The van der Waals surface area contributed by atoms with E-state index >= 15 is 0 Å². The van der Waals surface area contributed by atoms with Crippen molar-refractivity contribution in [2.24, 2.45) is 0 Å². The van der Waals surface area contributed by atoms with Gasteiger partial charge in [-0.3, -0.25) is 23.9 Å². The summed E-state index contributed by atoms with van der Waals surface area (Å²) in [5.74, 6) is -2.08. The van der Waals surface area contributed by atoms with Crippen molar-refractivity contribution in [1.29, 1.82) is 0 Å². The zero-order valence-corrected chi connectivity index (χ0v) is 32.2. The number of carbonyl (C=O) groups excluding carboxylic acids is 2. The number of halogens is 1. The highest BCUT2D eigenvalue weighted by Crippen LogP contribution is 2.38. The van der Waals surface area contributed by atoms with Gasteiger partial charge in [-0.1, -0.05) is 168 Å². The van der Waals surface area contributed by atoms with Gasteiger partial charge in [0.2, 0.25) is 5.82 Å². The molecule has 0 radical (unpaired) electrons. The summed E-state index contributed by atoms with van der Waals surface area (Å²) in [6, 6.07) is 0. The molecule has 2 unspecified atom stereocenters. The van der Waals surface area contributed by atoms with E-state index in [0.717, 1.165) is 43.1 Å². The maximum absolute atomic E-state index is 14.1. The Hall–Kier alpha value is -2.33. The van der Waals surface area contributed by atoms with E-state index in [2.05, 4.69) is 13.8 Å². The van der Waals surface area contributed by atoms with Crippen LogP contribution in [-0.2, 0) is 19.1 Å². The van der Waals surface area contributed by atoms with E-state index in [1.165, 1.54) is 116 Å². The van der Waals surface area contributed by atoms with Gasteiger partial charge in [-0.25, -0.2) is 4.79 Å². The Balaban J connectivity index is 1.75. The summed E-state index contributed by atoms with van der Waals surface area (Å²) >= 11 is 0. The van der Waals surface area contributed by atoms with Gasteiger partial charge < -0.3 is 14.6 Å². The number of hydrogen-bond donors (Lipinski definition) is 2. The zero-order valence-electron chi connectivity index (χ0n) is 32.2. The summed E-state index contributed by atoms with van der Waals surface area (Å²) in [4.78, 5) is 51.9. The van der Waals surface area contributed by atoms with Crippen LogP contribution < -0.4 is 11.2 Å². The van der Waals surface area contributed by atoms with Crippen molar-refractivity contribution >= 4 is 11.8 Å². The lowest BCUT2D eigenvalue weighted by Gasteiger charge is -2.26. The highest BCUT2D eigenvalue weighted by atomic mass is 19.1. The number of nitrogens with zero attached hydrogens (tertiary/aromatic N) is 1. The standard InChI is InChI=1S/C41H71FN2O7/c1-3-5-7-9-11-13-15-17-19-21-23-25-27-29-35(45)41(49)31-37(44-32-34(42)39(47)43-40(44)48)51-36(41)33-50-38(46)30-28-26-24-22-20-18-16-14-12-10-8-6-4-2/h32,36-37,49H,3-31,33H2,1-2H3,(H,43,47,48)/t36?,37?,41-/m1/s1. The number of hydrogen-bond acceptors (Lipinski definition) is 7. The molecule has 1 fully saturated rings. The zero-order chi connectivity index (χ0) is 37.2. The van der Waals surface area contributed by atoms with Gasteiger partial charge in [0.25, 0.3) is 5.56 Å². The predicted molar refractivity (Wildman–Crippen MR) is 201 cm³/mol. The Morgan fingerprint density at radius 2 is 1.16 bits per heavy atom. The van der Waals surface area contributed by atoms with Crippen LogP contribution in [0.25, 0.3) is 0 Å². The molecule has 0 amide bonds. The van der Waals surface area contributed by atoms with E-state index in [1.54, 1.807) is 0 Å². The minimum atomic E-state index is -2.02. The highest BCUT2D eigenvalue weighted by Gasteiger charge is 2.53. The molecular formula is C41H71FN2O7.